The van der Waals surface area contributed by atoms with E-state index in [9.17, 15) is 18.8 Å². The number of amides is 1. The molecule has 0 bridgehead atoms. The zero-order valence-corrected chi connectivity index (χ0v) is 17.6. The maximum absolute atomic E-state index is 13.7. The maximum atomic E-state index is 13.7. The Kier molecular flexibility index (Phi) is 4.96. The molecular weight excluding hydrogens is 401 g/mol. The van der Waals surface area contributed by atoms with E-state index in [2.05, 4.69) is 15.3 Å². The van der Waals surface area contributed by atoms with Gasteiger partial charge in [0.05, 0.1) is 10.9 Å². The number of carbonyl (C=O) groups is 1. The van der Waals surface area contributed by atoms with Crippen molar-refractivity contribution in [1.82, 2.24) is 24.4 Å². The molecule has 0 aliphatic rings. The van der Waals surface area contributed by atoms with E-state index >= 15 is 0 Å². The molecule has 31 heavy (non-hydrogen) atoms. The molecule has 0 spiro atoms. The summed E-state index contributed by atoms with van der Waals surface area (Å²) >= 11 is 0. The molecule has 8 nitrogen and oxygen atoms in total. The molecule has 0 aliphatic heterocycles. The summed E-state index contributed by atoms with van der Waals surface area (Å²) in [5, 5.41) is 3.76. The molecule has 2 N–H and O–H groups in total. The third-order valence-corrected chi connectivity index (χ3v) is 5.38. The van der Waals surface area contributed by atoms with Crippen LogP contribution in [0.4, 0.5) is 4.39 Å². The zero-order chi connectivity index (χ0) is 22.4. The third kappa shape index (κ3) is 3.63. The summed E-state index contributed by atoms with van der Waals surface area (Å²) < 4.78 is 16.9. The predicted octanol–water partition coefficient (Wildman–Crippen LogP) is 1.92. The number of nitrogens with zero attached hydrogens (tertiary/aromatic N) is 3. The Bertz CT molecular complexity index is 1460. The Morgan fingerprint density at radius 2 is 2.00 bits per heavy atom. The molecule has 0 saturated carbocycles. The van der Waals surface area contributed by atoms with E-state index in [1.165, 1.54) is 29.8 Å². The van der Waals surface area contributed by atoms with Gasteiger partial charge in [-0.1, -0.05) is 0 Å². The van der Waals surface area contributed by atoms with Crippen molar-refractivity contribution in [3.8, 4) is 0 Å². The normalized spacial score (nSPS) is 12.4. The van der Waals surface area contributed by atoms with Gasteiger partial charge in [-0.25, -0.2) is 14.2 Å². The molecule has 0 fully saturated rings. The Labute approximate surface area is 176 Å². The number of nitrogens with one attached hydrogen (secondary N) is 2. The molecule has 1 aromatic carbocycles. The monoisotopic (exact) mass is 423 g/mol. The zero-order valence-electron chi connectivity index (χ0n) is 17.6. The number of aryl methyl sites for hydroxylation is 3. The van der Waals surface area contributed by atoms with E-state index in [0.29, 0.717) is 12.1 Å². The van der Waals surface area contributed by atoms with Crippen LogP contribution in [-0.2, 0) is 20.5 Å². The number of hydrogen-bond donors (Lipinski definition) is 2. The van der Waals surface area contributed by atoms with Crippen molar-refractivity contribution in [2.45, 2.75) is 26.3 Å². The SMILES string of the molecule is Cc1cc(C(=O)N[C@@H](C)Cc2cn(C)c3ccc(F)cc23)c2c(=O)[nH]c(=O)n(C)c2n1. The van der Waals surface area contributed by atoms with Gasteiger partial charge >= 0.3 is 5.69 Å². The van der Waals surface area contributed by atoms with Crippen LogP contribution in [0.1, 0.15) is 28.5 Å². The maximum Gasteiger partial charge on any atom is 0.329 e. The number of fused-ring (bicyclic) bond motifs is 2. The number of H-pyrrole nitrogens is 1. The van der Waals surface area contributed by atoms with Crippen molar-refractivity contribution in [1.29, 1.82) is 0 Å². The first-order valence-corrected chi connectivity index (χ1v) is 9.80. The van der Waals surface area contributed by atoms with Gasteiger partial charge in [0.1, 0.15) is 11.5 Å². The molecule has 1 amide bonds. The van der Waals surface area contributed by atoms with Crippen LogP contribution in [0.15, 0.2) is 40.1 Å². The topological polar surface area (TPSA) is 102 Å². The highest BCUT2D eigenvalue weighted by molar-refractivity contribution is 6.05. The fourth-order valence-corrected chi connectivity index (χ4v) is 3.93. The van der Waals surface area contributed by atoms with Crippen LogP contribution in [0.2, 0.25) is 0 Å². The van der Waals surface area contributed by atoms with Crippen LogP contribution in [-0.4, -0.2) is 31.1 Å². The summed E-state index contributed by atoms with van der Waals surface area (Å²) in [4.78, 5) is 43.8. The van der Waals surface area contributed by atoms with Crippen LogP contribution in [0, 0.1) is 12.7 Å². The highest BCUT2D eigenvalue weighted by atomic mass is 19.1. The lowest BCUT2D eigenvalue weighted by molar-refractivity contribution is 0.0941. The molecule has 4 aromatic rings. The molecule has 0 aliphatic carbocycles. The van der Waals surface area contributed by atoms with Crippen molar-refractivity contribution < 1.29 is 9.18 Å². The number of pyridine rings is 1. The smallest absolute Gasteiger partial charge is 0.329 e. The average molecular weight is 423 g/mol. The van der Waals surface area contributed by atoms with Crippen molar-refractivity contribution in [2.75, 3.05) is 0 Å². The van der Waals surface area contributed by atoms with Crippen molar-refractivity contribution in [2.24, 2.45) is 14.1 Å². The van der Waals surface area contributed by atoms with Gasteiger partial charge in [-0.3, -0.25) is 19.1 Å². The number of benzene rings is 1. The fraction of sp³-hybridized carbons (Fsp3) is 0.273. The van der Waals surface area contributed by atoms with Crippen LogP contribution in [0.25, 0.3) is 21.9 Å². The number of rotatable bonds is 4. The number of carbonyl (C=O) groups excluding carboxylic acids is 1. The average Bonchev–Trinajstić information content (AvgIpc) is 2.99. The molecule has 0 radical (unpaired) electrons. The van der Waals surface area contributed by atoms with Crippen LogP contribution >= 0.6 is 0 Å². The van der Waals surface area contributed by atoms with E-state index in [4.69, 9.17) is 0 Å². The third-order valence-electron chi connectivity index (χ3n) is 5.38. The Balaban J connectivity index is 1.67. The lowest BCUT2D eigenvalue weighted by Crippen LogP contribution is -2.36. The number of hydrogen-bond acceptors (Lipinski definition) is 4. The molecular formula is C22H22FN5O3. The number of halogens is 1. The predicted molar refractivity (Wildman–Crippen MR) is 116 cm³/mol. The minimum atomic E-state index is -0.659. The first-order chi connectivity index (χ1) is 14.7. The van der Waals surface area contributed by atoms with E-state index in [1.807, 2.05) is 24.7 Å². The minimum absolute atomic E-state index is 0.0598. The van der Waals surface area contributed by atoms with Gasteiger partial charge in [-0.05, 0) is 50.1 Å². The fourth-order valence-electron chi connectivity index (χ4n) is 3.93. The van der Waals surface area contributed by atoms with Gasteiger partial charge in [0.25, 0.3) is 11.5 Å². The van der Waals surface area contributed by atoms with Crippen LogP contribution < -0.4 is 16.6 Å². The lowest BCUT2D eigenvalue weighted by atomic mass is 10.0. The molecule has 1 atom stereocenters. The first-order valence-electron chi connectivity index (χ1n) is 9.80. The summed E-state index contributed by atoms with van der Waals surface area (Å²) in [6, 6.07) is 5.85. The summed E-state index contributed by atoms with van der Waals surface area (Å²) in [5.74, 6) is -0.765. The molecule has 9 heteroatoms. The number of aromatic amines is 1. The van der Waals surface area contributed by atoms with Crippen molar-refractivity contribution in [3.05, 3.63) is 73.9 Å². The van der Waals surface area contributed by atoms with Gasteiger partial charge < -0.3 is 9.88 Å². The highest BCUT2D eigenvalue weighted by Gasteiger charge is 2.20. The quantitative estimate of drug-likeness (QED) is 0.524. The summed E-state index contributed by atoms with van der Waals surface area (Å²) in [6.07, 6.45) is 2.39. The van der Waals surface area contributed by atoms with Crippen LogP contribution in [0.3, 0.4) is 0 Å². The number of aromatic nitrogens is 4. The second-order valence-electron chi connectivity index (χ2n) is 7.83. The van der Waals surface area contributed by atoms with Gasteiger partial charge in [-0.2, -0.15) is 0 Å². The molecule has 4 rings (SSSR count). The summed E-state index contributed by atoms with van der Waals surface area (Å²) in [6.45, 7) is 3.53. The van der Waals surface area contributed by atoms with Gasteiger partial charge in [-0.15, -0.1) is 0 Å². The lowest BCUT2D eigenvalue weighted by Gasteiger charge is -2.15. The summed E-state index contributed by atoms with van der Waals surface area (Å²) in [7, 11) is 3.37. The van der Waals surface area contributed by atoms with Crippen molar-refractivity contribution in [3.63, 3.8) is 0 Å². The minimum Gasteiger partial charge on any atom is -0.350 e. The molecule has 0 unspecified atom stereocenters. The van der Waals surface area contributed by atoms with Gasteiger partial charge in [0.15, 0.2) is 0 Å². The largest absolute Gasteiger partial charge is 0.350 e. The van der Waals surface area contributed by atoms with E-state index in [-0.39, 0.29) is 28.5 Å². The Morgan fingerprint density at radius 1 is 1.26 bits per heavy atom. The van der Waals surface area contributed by atoms with E-state index < -0.39 is 17.2 Å². The first kappa shape index (κ1) is 20.5. The highest BCUT2D eigenvalue weighted by Crippen LogP contribution is 2.23. The Hall–Kier alpha value is -3.75. The molecule has 0 saturated heterocycles. The van der Waals surface area contributed by atoms with Crippen molar-refractivity contribution >= 4 is 27.8 Å². The molecule has 3 aromatic heterocycles. The second-order valence-corrected chi connectivity index (χ2v) is 7.83. The molecule has 160 valence electrons. The van der Waals surface area contributed by atoms with Crippen LogP contribution in [0.5, 0.6) is 0 Å². The van der Waals surface area contributed by atoms with Gasteiger partial charge in [0.2, 0.25) is 0 Å². The van der Waals surface area contributed by atoms with Gasteiger partial charge in [0, 0.05) is 42.9 Å². The Morgan fingerprint density at radius 3 is 2.74 bits per heavy atom. The second kappa shape index (κ2) is 7.50. The van der Waals surface area contributed by atoms with E-state index in [0.717, 1.165) is 16.5 Å². The van der Waals surface area contributed by atoms with E-state index in [1.54, 1.807) is 13.0 Å². The molecule has 3 heterocycles. The standard InChI is InChI=1S/C22H22FN5O3/c1-11(7-13-10-27(3)17-6-5-14(23)9-15(13)17)25-20(29)16-8-12(2)24-19-18(16)21(30)26-22(31)28(19)4/h5-6,8-11H,7H2,1-4H3,(H,25,29)(H,26,30,31)/t11-/m0/s1. The summed E-state index contributed by atoms with van der Waals surface area (Å²) in [5.41, 5.74) is 1.35.